The Morgan fingerprint density at radius 3 is 2.84 bits per heavy atom. The Kier molecular flexibility index (Phi) is 4.27. The quantitative estimate of drug-likeness (QED) is 0.889. The lowest BCUT2D eigenvalue weighted by Gasteiger charge is -2.33. The van der Waals surface area contributed by atoms with Gasteiger partial charge in [-0.2, -0.15) is 0 Å². The number of carbonyl (C=O) groups is 1. The van der Waals surface area contributed by atoms with Crippen LogP contribution in [0.2, 0.25) is 5.02 Å². The van der Waals surface area contributed by atoms with E-state index in [1.807, 2.05) is 0 Å². The van der Waals surface area contributed by atoms with Crippen molar-refractivity contribution in [3.05, 3.63) is 22.8 Å². The molecule has 104 valence electrons. The Bertz CT molecular complexity index is 473. The number of nitrogens with one attached hydrogen (secondary N) is 1. The van der Waals surface area contributed by atoms with Crippen LogP contribution in [0.25, 0.3) is 0 Å². The monoisotopic (exact) mass is 284 g/mol. The van der Waals surface area contributed by atoms with E-state index in [9.17, 15) is 4.79 Å². The Morgan fingerprint density at radius 2 is 2.26 bits per heavy atom. The van der Waals surface area contributed by atoms with E-state index in [0.29, 0.717) is 10.8 Å². The molecule has 1 aliphatic rings. The molecule has 0 unspecified atom stereocenters. The summed E-state index contributed by atoms with van der Waals surface area (Å²) in [7, 11) is 0. The van der Waals surface area contributed by atoms with Gasteiger partial charge in [0.1, 0.15) is 5.82 Å². The summed E-state index contributed by atoms with van der Waals surface area (Å²) in [5.74, 6) is -0.503. The predicted octanol–water partition coefficient (Wildman–Crippen LogP) is 2.66. The summed E-state index contributed by atoms with van der Waals surface area (Å²) in [5, 5.41) is 12.4. The summed E-state index contributed by atoms with van der Waals surface area (Å²) in [6.45, 7) is 4.49. The Balaban J connectivity index is 2.01. The third-order valence-electron chi connectivity index (χ3n) is 3.47. The normalized spacial score (nSPS) is 18.0. The molecule has 0 aliphatic carbocycles. The van der Waals surface area contributed by atoms with Crippen molar-refractivity contribution < 1.29 is 14.6 Å². The number of aromatic carboxylic acids is 1. The van der Waals surface area contributed by atoms with Gasteiger partial charge in [0.15, 0.2) is 0 Å². The number of rotatable bonds is 4. The van der Waals surface area contributed by atoms with Crippen molar-refractivity contribution in [1.29, 1.82) is 0 Å². The van der Waals surface area contributed by atoms with Gasteiger partial charge < -0.3 is 15.2 Å². The van der Waals surface area contributed by atoms with Gasteiger partial charge in [-0.25, -0.2) is 9.78 Å². The molecule has 1 saturated heterocycles. The van der Waals surface area contributed by atoms with Crippen LogP contribution in [-0.4, -0.2) is 35.8 Å². The summed E-state index contributed by atoms with van der Waals surface area (Å²) in [6.07, 6.45) is 3.29. The van der Waals surface area contributed by atoms with Gasteiger partial charge in [-0.05, 0) is 24.3 Å². The van der Waals surface area contributed by atoms with Crippen molar-refractivity contribution >= 4 is 23.4 Å². The Labute approximate surface area is 116 Å². The molecule has 1 aromatic heterocycles. The average Bonchev–Trinajstić information content (AvgIpc) is 2.38. The lowest BCUT2D eigenvalue weighted by atomic mass is 9.82. The van der Waals surface area contributed by atoms with Gasteiger partial charge in [0, 0.05) is 26.0 Å². The molecule has 0 atom stereocenters. The number of anilines is 1. The maximum Gasteiger partial charge on any atom is 0.337 e. The van der Waals surface area contributed by atoms with E-state index in [4.69, 9.17) is 21.4 Å². The van der Waals surface area contributed by atoms with Crippen LogP contribution in [0.3, 0.4) is 0 Å². The van der Waals surface area contributed by atoms with Gasteiger partial charge in [0.25, 0.3) is 0 Å². The second-order valence-corrected chi connectivity index (χ2v) is 5.54. The molecule has 1 aliphatic heterocycles. The minimum absolute atomic E-state index is 0.0906. The first-order chi connectivity index (χ1) is 9.00. The zero-order valence-corrected chi connectivity index (χ0v) is 11.5. The number of ether oxygens (including phenoxy) is 1. The standard InChI is InChI=1S/C13H17ClN2O3/c1-13(2-4-19-5-3-13)8-16-11-10(14)6-9(7-15-11)12(17)18/h6-7H,2-5,8H2,1H3,(H,15,16)(H,17,18). The largest absolute Gasteiger partial charge is 0.478 e. The van der Waals surface area contributed by atoms with Crippen molar-refractivity contribution in [2.45, 2.75) is 19.8 Å². The SMILES string of the molecule is CC1(CNc2ncc(C(=O)O)cc2Cl)CCOCC1. The Hall–Kier alpha value is -1.33. The second kappa shape index (κ2) is 5.75. The minimum atomic E-state index is -1.03. The van der Waals surface area contributed by atoms with Gasteiger partial charge in [-0.3, -0.25) is 0 Å². The molecule has 1 aromatic rings. The number of hydrogen-bond acceptors (Lipinski definition) is 4. The third-order valence-corrected chi connectivity index (χ3v) is 3.76. The smallest absolute Gasteiger partial charge is 0.337 e. The zero-order valence-electron chi connectivity index (χ0n) is 10.8. The summed E-state index contributed by atoms with van der Waals surface area (Å²) >= 11 is 6.02. The van der Waals surface area contributed by atoms with E-state index in [1.165, 1.54) is 12.3 Å². The molecule has 2 N–H and O–H groups in total. The molecular formula is C13H17ClN2O3. The highest BCUT2D eigenvalue weighted by Gasteiger charge is 2.27. The number of carboxylic acids is 1. The van der Waals surface area contributed by atoms with Crippen LogP contribution in [0.4, 0.5) is 5.82 Å². The van der Waals surface area contributed by atoms with Crippen molar-refractivity contribution in [3.8, 4) is 0 Å². The maximum absolute atomic E-state index is 10.8. The second-order valence-electron chi connectivity index (χ2n) is 5.14. The fourth-order valence-electron chi connectivity index (χ4n) is 2.02. The van der Waals surface area contributed by atoms with E-state index < -0.39 is 5.97 Å². The highest BCUT2D eigenvalue weighted by atomic mass is 35.5. The number of hydrogen-bond donors (Lipinski definition) is 2. The van der Waals surface area contributed by atoms with Gasteiger partial charge in [-0.1, -0.05) is 18.5 Å². The number of aromatic nitrogens is 1. The molecule has 1 fully saturated rings. The van der Waals surface area contributed by atoms with Crippen molar-refractivity contribution in [2.24, 2.45) is 5.41 Å². The first-order valence-corrected chi connectivity index (χ1v) is 6.58. The number of nitrogens with zero attached hydrogens (tertiary/aromatic N) is 1. The molecule has 0 aromatic carbocycles. The first kappa shape index (κ1) is 14.1. The molecule has 5 nitrogen and oxygen atoms in total. The molecule has 0 spiro atoms. The average molecular weight is 285 g/mol. The van der Waals surface area contributed by atoms with Crippen LogP contribution in [0.1, 0.15) is 30.1 Å². The molecule has 6 heteroatoms. The van der Waals surface area contributed by atoms with Crippen LogP contribution in [0.5, 0.6) is 0 Å². The first-order valence-electron chi connectivity index (χ1n) is 6.21. The molecule has 0 amide bonds. The lowest BCUT2D eigenvalue weighted by Crippen LogP contribution is -2.33. The van der Waals surface area contributed by atoms with Crippen molar-refractivity contribution in [2.75, 3.05) is 25.1 Å². The predicted molar refractivity (Wildman–Crippen MR) is 72.9 cm³/mol. The molecule has 19 heavy (non-hydrogen) atoms. The van der Waals surface area contributed by atoms with Crippen LogP contribution in [-0.2, 0) is 4.74 Å². The molecule has 0 radical (unpaired) electrons. The Morgan fingerprint density at radius 1 is 1.58 bits per heavy atom. The molecule has 2 heterocycles. The van der Waals surface area contributed by atoms with E-state index in [-0.39, 0.29) is 11.0 Å². The van der Waals surface area contributed by atoms with Gasteiger partial charge in [0.05, 0.1) is 10.6 Å². The number of carboxylic acid groups (broad SMARTS) is 1. The minimum Gasteiger partial charge on any atom is -0.478 e. The van der Waals surface area contributed by atoms with Crippen molar-refractivity contribution in [1.82, 2.24) is 4.98 Å². The van der Waals surface area contributed by atoms with Crippen molar-refractivity contribution in [3.63, 3.8) is 0 Å². The summed E-state index contributed by atoms with van der Waals surface area (Å²) < 4.78 is 5.35. The molecular weight excluding hydrogens is 268 g/mol. The third kappa shape index (κ3) is 3.58. The van der Waals surface area contributed by atoms with Crippen LogP contribution in [0.15, 0.2) is 12.3 Å². The van der Waals surface area contributed by atoms with E-state index >= 15 is 0 Å². The van der Waals surface area contributed by atoms with E-state index in [2.05, 4.69) is 17.2 Å². The van der Waals surface area contributed by atoms with Gasteiger partial charge in [-0.15, -0.1) is 0 Å². The molecule has 2 rings (SSSR count). The zero-order chi connectivity index (χ0) is 13.9. The maximum atomic E-state index is 10.8. The van der Waals surface area contributed by atoms with E-state index in [0.717, 1.165) is 32.6 Å². The fraction of sp³-hybridized carbons (Fsp3) is 0.538. The topological polar surface area (TPSA) is 71.5 Å². The summed E-state index contributed by atoms with van der Waals surface area (Å²) in [4.78, 5) is 14.8. The highest BCUT2D eigenvalue weighted by molar-refractivity contribution is 6.33. The van der Waals surface area contributed by atoms with E-state index in [1.54, 1.807) is 0 Å². The number of pyridine rings is 1. The van der Waals surface area contributed by atoms with Gasteiger partial charge >= 0.3 is 5.97 Å². The van der Waals surface area contributed by atoms with Crippen LogP contribution in [0, 0.1) is 5.41 Å². The summed E-state index contributed by atoms with van der Waals surface area (Å²) in [5.41, 5.74) is 0.252. The molecule has 0 saturated carbocycles. The molecule has 0 bridgehead atoms. The van der Waals surface area contributed by atoms with Crippen LogP contribution >= 0.6 is 11.6 Å². The lowest BCUT2D eigenvalue weighted by molar-refractivity contribution is 0.0299. The fourth-order valence-corrected chi connectivity index (χ4v) is 2.26. The van der Waals surface area contributed by atoms with Crippen LogP contribution < -0.4 is 5.32 Å². The highest BCUT2D eigenvalue weighted by Crippen LogP contribution is 2.30. The number of halogens is 1. The van der Waals surface area contributed by atoms with Gasteiger partial charge in [0.2, 0.25) is 0 Å². The summed E-state index contributed by atoms with van der Waals surface area (Å²) in [6, 6.07) is 1.41.